The predicted octanol–water partition coefficient (Wildman–Crippen LogP) is 1.44. The quantitative estimate of drug-likeness (QED) is 0.653. The van der Waals surface area contributed by atoms with Gasteiger partial charge < -0.3 is 9.67 Å². The van der Waals surface area contributed by atoms with Crippen LogP contribution in [0.4, 0.5) is 0 Å². The molecule has 0 saturated carbocycles. The van der Waals surface area contributed by atoms with Crippen molar-refractivity contribution in [2.24, 2.45) is 5.10 Å². The second kappa shape index (κ2) is 6.01. The van der Waals surface area contributed by atoms with Gasteiger partial charge in [-0.05, 0) is 43.7 Å². The second-order valence-corrected chi connectivity index (χ2v) is 4.38. The lowest BCUT2D eigenvalue weighted by Gasteiger charge is -2.05. The highest BCUT2D eigenvalue weighted by molar-refractivity contribution is 5.99. The largest absolute Gasteiger partial charge is 0.508 e. The van der Waals surface area contributed by atoms with Crippen LogP contribution in [0, 0.1) is 6.92 Å². The van der Waals surface area contributed by atoms with Crippen molar-refractivity contribution < 1.29 is 9.90 Å². The summed E-state index contributed by atoms with van der Waals surface area (Å²) in [5, 5.41) is 13.2. The smallest absolute Gasteiger partial charge is 0.260 e. The molecule has 0 aliphatic carbocycles. The van der Waals surface area contributed by atoms with Gasteiger partial charge in [0.2, 0.25) is 0 Å². The van der Waals surface area contributed by atoms with Crippen molar-refractivity contribution >= 4 is 11.6 Å². The Morgan fingerprint density at radius 2 is 2.10 bits per heavy atom. The molecule has 1 heterocycles. The summed E-state index contributed by atoms with van der Waals surface area (Å²) in [5.74, 6) is 0.754. The molecule has 0 unspecified atom stereocenters. The summed E-state index contributed by atoms with van der Waals surface area (Å²) in [6.07, 6.45) is 3.39. The molecule has 0 aliphatic heterocycles. The first-order valence-corrected chi connectivity index (χ1v) is 6.16. The zero-order chi connectivity index (χ0) is 14.5. The molecule has 2 aromatic rings. The molecule has 0 spiro atoms. The van der Waals surface area contributed by atoms with E-state index in [9.17, 15) is 9.90 Å². The van der Waals surface area contributed by atoms with Crippen molar-refractivity contribution in [2.45, 2.75) is 20.4 Å². The number of aryl methyl sites for hydroxylation is 1. The summed E-state index contributed by atoms with van der Waals surface area (Å²) in [4.78, 5) is 15.8. The van der Waals surface area contributed by atoms with E-state index in [0.29, 0.717) is 5.71 Å². The van der Waals surface area contributed by atoms with Gasteiger partial charge in [-0.15, -0.1) is 0 Å². The van der Waals surface area contributed by atoms with E-state index in [4.69, 9.17) is 0 Å². The number of hydrogen-bond acceptors (Lipinski definition) is 4. The molecule has 1 aromatic carbocycles. The van der Waals surface area contributed by atoms with Crippen LogP contribution in [-0.2, 0) is 11.3 Å². The van der Waals surface area contributed by atoms with Gasteiger partial charge in [-0.3, -0.25) is 4.79 Å². The fraction of sp³-hybridized carbons (Fsp3) is 0.214. The number of hydrogen-bond donors (Lipinski definition) is 2. The van der Waals surface area contributed by atoms with Crippen LogP contribution in [0.5, 0.6) is 5.75 Å². The highest BCUT2D eigenvalue weighted by Gasteiger charge is 2.04. The number of rotatable bonds is 4. The van der Waals surface area contributed by atoms with Crippen molar-refractivity contribution in [1.29, 1.82) is 0 Å². The average Bonchev–Trinajstić information content (AvgIpc) is 2.82. The van der Waals surface area contributed by atoms with Crippen LogP contribution in [-0.4, -0.2) is 26.3 Å². The standard InChI is InChI=1S/C14H16N4O2/c1-10(12-3-5-13(19)6-4-12)16-17-14(20)9-18-8-7-15-11(18)2/h3-8,19H,9H2,1-2H3,(H,17,20)/b16-10+. The molecule has 0 fully saturated rings. The van der Waals surface area contributed by atoms with Gasteiger partial charge in [-0.1, -0.05) is 0 Å². The molecule has 2 rings (SSSR count). The Balaban J connectivity index is 1.96. The maximum atomic E-state index is 11.7. The van der Waals surface area contributed by atoms with Crippen LogP contribution < -0.4 is 5.43 Å². The lowest BCUT2D eigenvalue weighted by molar-refractivity contribution is -0.121. The summed E-state index contributed by atoms with van der Waals surface area (Å²) in [6.45, 7) is 3.80. The summed E-state index contributed by atoms with van der Waals surface area (Å²) in [7, 11) is 0. The Kier molecular flexibility index (Phi) is 4.14. The normalized spacial score (nSPS) is 11.4. The molecule has 6 heteroatoms. The first kappa shape index (κ1) is 13.8. The SMILES string of the molecule is C/C(=N\NC(=O)Cn1ccnc1C)c1ccc(O)cc1. The maximum absolute atomic E-state index is 11.7. The van der Waals surface area contributed by atoms with Crippen molar-refractivity contribution in [1.82, 2.24) is 15.0 Å². The fourth-order valence-corrected chi connectivity index (χ4v) is 1.67. The Morgan fingerprint density at radius 3 is 2.70 bits per heavy atom. The van der Waals surface area contributed by atoms with Crippen molar-refractivity contribution in [2.75, 3.05) is 0 Å². The Hall–Kier alpha value is -2.63. The van der Waals surface area contributed by atoms with Gasteiger partial charge in [0.05, 0.1) is 5.71 Å². The first-order valence-electron chi connectivity index (χ1n) is 6.16. The van der Waals surface area contributed by atoms with E-state index >= 15 is 0 Å². The van der Waals surface area contributed by atoms with Gasteiger partial charge in [0.15, 0.2) is 0 Å². The molecule has 104 valence electrons. The number of nitrogens with one attached hydrogen (secondary N) is 1. The van der Waals surface area contributed by atoms with Gasteiger partial charge >= 0.3 is 0 Å². The number of phenols is 1. The van der Waals surface area contributed by atoms with E-state index in [1.807, 2.05) is 6.92 Å². The minimum absolute atomic E-state index is 0.179. The average molecular weight is 272 g/mol. The summed E-state index contributed by atoms with van der Waals surface area (Å²) in [6, 6.07) is 6.62. The zero-order valence-electron chi connectivity index (χ0n) is 11.4. The lowest BCUT2D eigenvalue weighted by Crippen LogP contribution is -2.24. The molecule has 1 amide bonds. The highest BCUT2D eigenvalue weighted by atomic mass is 16.3. The molecule has 0 aliphatic rings. The lowest BCUT2D eigenvalue weighted by atomic mass is 10.1. The number of hydrazone groups is 1. The van der Waals surface area contributed by atoms with E-state index in [1.54, 1.807) is 48.1 Å². The van der Waals surface area contributed by atoms with Crippen molar-refractivity contribution in [3.8, 4) is 5.75 Å². The molecule has 20 heavy (non-hydrogen) atoms. The third-order valence-electron chi connectivity index (χ3n) is 2.87. The second-order valence-electron chi connectivity index (χ2n) is 4.38. The van der Waals surface area contributed by atoms with Crippen LogP contribution in [0.1, 0.15) is 18.3 Å². The Labute approximate surface area is 116 Å². The third-order valence-corrected chi connectivity index (χ3v) is 2.87. The molecular weight excluding hydrogens is 256 g/mol. The van der Waals surface area contributed by atoms with Gasteiger partial charge in [-0.25, -0.2) is 10.4 Å². The van der Waals surface area contributed by atoms with E-state index in [1.165, 1.54) is 0 Å². The topological polar surface area (TPSA) is 79.5 Å². The third kappa shape index (κ3) is 3.44. The maximum Gasteiger partial charge on any atom is 0.260 e. The molecule has 0 atom stereocenters. The summed E-state index contributed by atoms with van der Waals surface area (Å²) >= 11 is 0. The Morgan fingerprint density at radius 1 is 1.40 bits per heavy atom. The van der Waals surface area contributed by atoms with E-state index < -0.39 is 0 Å². The fourth-order valence-electron chi connectivity index (χ4n) is 1.67. The van der Waals surface area contributed by atoms with Gasteiger partial charge in [0.1, 0.15) is 18.1 Å². The number of carbonyl (C=O) groups is 1. The minimum atomic E-state index is -0.218. The molecule has 6 nitrogen and oxygen atoms in total. The number of carbonyl (C=O) groups excluding carboxylic acids is 1. The summed E-state index contributed by atoms with van der Waals surface area (Å²) in [5.41, 5.74) is 4.00. The van der Waals surface area contributed by atoms with Crippen LogP contribution in [0.2, 0.25) is 0 Å². The van der Waals surface area contributed by atoms with Gasteiger partial charge in [-0.2, -0.15) is 5.10 Å². The van der Waals surface area contributed by atoms with Crippen LogP contribution in [0.25, 0.3) is 0 Å². The van der Waals surface area contributed by atoms with E-state index in [0.717, 1.165) is 11.4 Å². The van der Waals surface area contributed by atoms with E-state index in [2.05, 4.69) is 15.5 Å². The minimum Gasteiger partial charge on any atom is -0.508 e. The predicted molar refractivity (Wildman–Crippen MR) is 75.4 cm³/mol. The van der Waals surface area contributed by atoms with Crippen LogP contribution >= 0.6 is 0 Å². The molecule has 1 aromatic heterocycles. The van der Waals surface area contributed by atoms with Crippen molar-refractivity contribution in [3.05, 3.63) is 48.0 Å². The monoisotopic (exact) mass is 272 g/mol. The first-order chi connectivity index (χ1) is 9.56. The van der Waals surface area contributed by atoms with Crippen molar-refractivity contribution in [3.63, 3.8) is 0 Å². The van der Waals surface area contributed by atoms with Crippen LogP contribution in [0.3, 0.4) is 0 Å². The zero-order valence-corrected chi connectivity index (χ0v) is 11.4. The number of aromatic nitrogens is 2. The van der Waals surface area contributed by atoms with Gasteiger partial charge in [0.25, 0.3) is 5.91 Å². The number of phenolic OH excluding ortho intramolecular Hbond substituents is 1. The number of benzene rings is 1. The van der Waals surface area contributed by atoms with Gasteiger partial charge in [0, 0.05) is 12.4 Å². The van der Waals surface area contributed by atoms with Crippen LogP contribution in [0.15, 0.2) is 41.8 Å². The molecule has 0 radical (unpaired) electrons. The number of imidazole rings is 1. The number of aromatic hydroxyl groups is 1. The Bertz CT molecular complexity index is 629. The molecule has 0 saturated heterocycles. The molecule has 2 N–H and O–H groups in total. The summed E-state index contributed by atoms with van der Waals surface area (Å²) < 4.78 is 1.74. The number of amides is 1. The van der Waals surface area contributed by atoms with E-state index in [-0.39, 0.29) is 18.2 Å². The molecular formula is C14H16N4O2. The number of nitrogens with zero attached hydrogens (tertiary/aromatic N) is 3. The molecule has 0 bridgehead atoms. The highest BCUT2D eigenvalue weighted by Crippen LogP contribution is 2.10.